The summed E-state index contributed by atoms with van der Waals surface area (Å²) in [5, 5.41) is 5.65. The maximum atomic E-state index is 14.0. The number of halogens is 1. The SMILES string of the molecule is CC(C)(C)OC(=O)Nc1cc(N2CCC(O[C@@H]3CCCCO3)C2)c(-c2ccc(F)cc2)cc1NC(=O)CC(=O)c1cccc(-n2ccnc2)c1. The Hall–Kier alpha value is -5.07. The Morgan fingerprint density at radius 3 is 2.52 bits per heavy atom. The van der Waals surface area contributed by atoms with Crippen LogP contribution < -0.4 is 15.5 Å². The van der Waals surface area contributed by atoms with Gasteiger partial charge in [-0.25, -0.2) is 14.2 Å². The Morgan fingerprint density at radius 2 is 1.80 bits per heavy atom. The molecule has 50 heavy (non-hydrogen) atoms. The number of benzene rings is 3. The van der Waals surface area contributed by atoms with Crippen molar-refractivity contribution in [3.8, 4) is 16.8 Å². The molecule has 2 saturated heterocycles. The molecule has 2 amide bonds. The molecule has 3 aromatic carbocycles. The average Bonchev–Trinajstić information content (AvgIpc) is 3.79. The number of aromatic nitrogens is 2. The van der Waals surface area contributed by atoms with Gasteiger partial charge in [-0.1, -0.05) is 24.3 Å². The van der Waals surface area contributed by atoms with Crippen LogP contribution in [-0.4, -0.2) is 65.0 Å². The molecular formula is C38H42FN5O6. The number of hydrogen-bond donors (Lipinski definition) is 2. The molecule has 1 unspecified atom stereocenters. The van der Waals surface area contributed by atoms with Crippen molar-refractivity contribution in [1.82, 2.24) is 9.55 Å². The van der Waals surface area contributed by atoms with E-state index in [1.165, 1.54) is 12.1 Å². The summed E-state index contributed by atoms with van der Waals surface area (Å²) >= 11 is 0. The highest BCUT2D eigenvalue weighted by Gasteiger charge is 2.30. The van der Waals surface area contributed by atoms with Gasteiger partial charge in [0.1, 0.15) is 11.4 Å². The summed E-state index contributed by atoms with van der Waals surface area (Å²) < 4.78 is 33.5. The van der Waals surface area contributed by atoms with Gasteiger partial charge in [0.2, 0.25) is 5.91 Å². The molecule has 1 aromatic heterocycles. The van der Waals surface area contributed by atoms with Crippen LogP contribution in [0.4, 0.5) is 26.2 Å². The van der Waals surface area contributed by atoms with Crippen LogP contribution in [0.2, 0.25) is 0 Å². The minimum atomic E-state index is -0.775. The quantitative estimate of drug-likeness (QED) is 0.131. The van der Waals surface area contributed by atoms with E-state index in [1.54, 1.807) is 86.5 Å². The molecule has 4 aromatic rings. The summed E-state index contributed by atoms with van der Waals surface area (Å²) in [4.78, 5) is 46.0. The Kier molecular flexibility index (Phi) is 10.6. The average molecular weight is 684 g/mol. The minimum Gasteiger partial charge on any atom is -0.444 e. The van der Waals surface area contributed by atoms with Gasteiger partial charge in [0.25, 0.3) is 0 Å². The zero-order valence-corrected chi connectivity index (χ0v) is 28.5. The largest absolute Gasteiger partial charge is 0.444 e. The summed E-state index contributed by atoms with van der Waals surface area (Å²) in [7, 11) is 0. The number of ketones is 1. The number of amides is 2. The summed E-state index contributed by atoms with van der Waals surface area (Å²) in [6, 6.07) is 16.5. The summed E-state index contributed by atoms with van der Waals surface area (Å²) in [6.45, 7) is 7.19. The molecule has 3 heterocycles. The molecule has 2 atom stereocenters. The number of imidazole rings is 1. The third kappa shape index (κ3) is 8.93. The number of ether oxygens (including phenoxy) is 3. The van der Waals surface area contributed by atoms with Gasteiger partial charge in [-0.2, -0.15) is 0 Å². The number of nitrogens with one attached hydrogen (secondary N) is 2. The van der Waals surface area contributed by atoms with Crippen molar-refractivity contribution in [1.29, 1.82) is 0 Å². The lowest BCUT2D eigenvalue weighted by Gasteiger charge is -2.28. The predicted octanol–water partition coefficient (Wildman–Crippen LogP) is 7.36. The molecule has 2 aliphatic rings. The van der Waals surface area contributed by atoms with Crippen LogP contribution in [0.3, 0.4) is 0 Å². The molecule has 0 bridgehead atoms. The van der Waals surface area contributed by atoms with Crippen molar-refractivity contribution >= 4 is 34.8 Å². The predicted molar refractivity (Wildman–Crippen MR) is 188 cm³/mol. The lowest BCUT2D eigenvalue weighted by atomic mass is 10.0. The van der Waals surface area contributed by atoms with Crippen LogP contribution in [0.5, 0.6) is 0 Å². The van der Waals surface area contributed by atoms with E-state index in [-0.39, 0.29) is 35.4 Å². The molecule has 6 rings (SSSR count). The smallest absolute Gasteiger partial charge is 0.412 e. The van der Waals surface area contributed by atoms with Gasteiger partial charge in [0, 0.05) is 54.6 Å². The number of carbonyl (C=O) groups excluding carboxylic acids is 3. The molecule has 0 radical (unpaired) electrons. The fourth-order valence-corrected chi connectivity index (χ4v) is 6.12. The van der Waals surface area contributed by atoms with E-state index in [1.807, 2.05) is 6.07 Å². The fourth-order valence-electron chi connectivity index (χ4n) is 6.12. The van der Waals surface area contributed by atoms with Crippen molar-refractivity contribution in [2.75, 3.05) is 35.2 Å². The van der Waals surface area contributed by atoms with E-state index in [4.69, 9.17) is 14.2 Å². The summed E-state index contributed by atoms with van der Waals surface area (Å²) in [5.74, 6) is -1.34. The second-order valence-corrected chi connectivity index (χ2v) is 13.5. The molecule has 262 valence electrons. The normalized spacial score (nSPS) is 17.7. The minimum absolute atomic E-state index is 0.0703. The maximum Gasteiger partial charge on any atom is 0.412 e. The monoisotopic (exact) mass is 683 g/mol. The zero-order valence-electron chi connectivity index (χ0n) is 28.5. The number of Topliss-reactive ketones (excluding diaryl/α,β-unsaturated/α-hetero) is 1. The molecule has 0 saturated carbocycles. The first-order chi connectivity index (χ1) is 24.0. The van der Waals surface area contributed by atoms with E-state index >= 15 is 0 Å². The highest BCUT2D eigenvalue weighted by Crippen LogP contribution is 2.40. The Morgan fingerprint density at radius 1 is 1.00 bits per heavy atom. The summed E-state index contributed by atoms with van der Waals surface area (Å²) in [6.07, 6.45) is 7.28. The van der Waals surface area contributed by atoms with Gasteiger partial charge in [0.15, 0.2) is 12.1 Å². The second kappa shape index (κ2) is 15.2. The van der Waals surface area contributed by atoms with Crippen LogP contribution in [0, 0.1) is 5.82 Å². The van der Waals surface area contributed by atoms with Crippen LogP contribution in [-0.2, 0) is 19.0 Å². The molecule has 2 fully saturated rings. The van der Waals surface area contributed by atoms with E-state index in [9.17, 15) is 18.8 Å². The van der Waals surface area contributed by atoms with E-state index in [0.717, 1.165) is 37.1 Å². The van der Waals surface area contributed by atoms with Gasteiger partial charge >= 0.3 is 6.09 Å². The van der Waals surface area contributed by atoms with Crippen molar-refractivity contribution < 1.29 is 33.0 Å². The van der Waals surface area contributed by atoms with Crippen molar-refractivity contribution in [2.45, 2.75) is 70.9 Å². The zero-order chi connectivity index (χ0) is 35.3. The highest BCUT2D eigenvalue weighted by molar-refractivity contribution is 6.12. The van der Waals surface area contributed by atoms with Crippen LogP contribution in [0.15, 0.2) is 79.4 Å². The third-order valence-electron chi connectivity index (χ3n) is 8.46. The molecule has 12 heteroatoms. The third-order valence-corrected chi connectivity index (χ3v) is 8.46. The molecule has 0 aliphatic carbocycles. The van der Waals surface area contributed by atoms with Gasteiger partial charge in [-0.05, 0) is 88.4 Å². The molecular weight excluding hydrogens is 641 g/mol. The van der Waals surface area contributed by atoms with E-state index in [0.29, 0.717) is 36.4 Å². The van der Waals surface area contributed by atoms with Gasteiger partial charge in [-0.3, -0.25) is 14.9 Å². The van der Waals surface area contributed by atoms with Crippen LogP contribution in [0.1, 0.15) is 63.2 Å². The van der Waals surface area contributed by atoms with Crippen molar-refractivity contribution in [3.63, 3.8) is 0 Å². The lowest BCUT2D eigenvalue weighted by Crippen LogP contribution is -2.30. The number of hydrogen-bond acceptors (Lipinski definition) is 8. The number of rotatable bonds is 10. The molecule has 2 N–H and O–H groups in total. The first-order valence-electron chi connectivity index (χ1n) is 16.9. The van der Waals surface area contributed by atoms with Gasteiger partial charge < -0.3 is 29.0 Å². The maximum absolute atomic E-state index is 14.0. The van der Waals surface area contributed by atoms with Gasteiger partial charge in [0.05, 0.1) is 30.2 Å². The van der Waals surface area contributed by atoms with E-state index in [2.05, 4.69) is 20.5 Å². The lowest BCUT2D eigenvalue weighted by molar-refractivity contribution is -0.183. The summed E-state index contributed by atoms with van der Waals surface area (Å²) in [5.41, 5.74) is 3.02. The van der Waals surface area contributed by atoms with Crippen LogP contribution >= 0.6 is 0 Å². The molecule has 0 spiro atoms. The van der Waals surface area contributed by atoms with Gasteiger partial charge in [-0.15, -0.1) is 0 Å². The standard InChI is InChI=1S/C38H42FN5O6/c1-38(2,3)50-37(47)42-32-21-33(43-16-14-29(23-43)49-36-9-4-5-18-48-36)30(25-10-12-27(39)13-11-25)20-31(32)41-35(46)22-34(45)26-7-6-8-28(19-26)44-17-15-40-24-44/h6-8,10-13,15,17,19-21,24,29,36H,4-5,9,14,16,18,22-23H2,1-3H3,(H,41,46)(H,42,47)/t29?,36-/m1/s1. The van der Waals surface area contributed by atoms with E-state index < -0.39 is 24.0 Å². The Bertz CT molecular complexity index is 1820. The molecule has 2 aliphatic heterocycles. The fraction of sp³-hybridized carbons (Fsp3) is 0.368. The topological polar surface area (TPSA) is 124 Å². The van der Waals surface area contributed by atoms with Crippen molar-refractivity contribution in [2.24, 2.45) is 0 Å². The first kappa shape index (κ1) is 34.8. The second-order valence-electron chi connectivity index (χ2n) is 13.5. The first-order valence-corrected chi connectivity index (χ1v) is 16.9. The van der Waals surface area contributed by atoms with Crippen molar-refractivity contribution in [3.05, 3.63) is 90.8 Å². The highest BCUT2D eigenvalue weighted by atomic mass is 19.1. The Labute approximate surface area is 290 Å². The molecule has 11 nitrogen and oxygen atoms in total. The van der Waals surface area contributed by atoms with Crippen LogP contribution in [0.25, 0.3) is 16.8 Å². The Balaban J connectivity index is 1.30. The number of anilines is 3. The number of nitrogens with zero attached hydrogens (tertiary/aromatic N) is 3. The number of carbonyl (C=O) groups is 3.